The number of rotatable bonds is 10. The van der Waals surface area contributed by atoms with Crippen LogP contribution in [0.1, 0.15) is 46.5 Å². The van der Waals surface area contributed by atoms with Gasteiger partial charge in [0.25, 0.3) is 0 Å². The molecule has 1 atom stereocenters. The number of nitrogens with one attached hydrogen (secondary N) is 2. The summed E-state index contributed by atoms with van der Waals surface area (Å²) >= 11 is 0. The van der Waals surface area contributed by atoms with Crippen LogP contribution in [0.2, 0.25) is 0 Å². The number of aromatic nitrogens is 3. The first-order valence-corrected chi connectivity index (χ1v) is 17.6. The van der Waals surface area contributed by atoms with Crippen molar-refractivity contribution in [2.45, 2.75) is 31.5 Å². The van der Waals surface area contributed by atoms with Crippen LogP contribution in [0.15, 0.2) is 152 Å². The Hall–Kier alpha value is -6.41. The number of hydrogen-bond donors (Lipinski definition) is 2. The summed E-state index contributed by atoms with van der Waals surface area (Å²) in [5, 5.41) is 12.7. The van der Waals surface area contributed by atoms with Crippen molar-refractivity contribution >= 4 is 28.6 Å². The molecule has 52 heavy (non-hydrogen) atoms. The molecule has 0 radical (unpaired) electrons. The highest BCUT2D eigenvalue weighted by Gasteiger charge is 2.42. The molecule has 0 unspecified atom stereocenters. The van der Waals surface area contributed by atoms with Crippen molar-refractivity contribution in [1.29, 1.82) is 0 Å². The summed E-state index contributed by atoms with van der Waals surface area (Å²) in [6.07, 6.45) is 0.692. The van der Waals surface area contributed by atoms with Crippen LogP contribution in [0, 0.1) is 0 Å². The first-order chi connectivity index (χ1) is 25.5. The maximum atomic E-state index is 13.5. The van der Waals surface area contributed by atoms with E-state index in [1.165, 1.54) is 0 Å². The predicted octanol–water partition coefficient (Wildman–Crippen LogP) is 8.73. The molecule has 0 fully saturated rings. The standard InChI is InChI=1S/C44H40N6O2/c1-31(33-15-7-3-8-16-33)45-43(51)47-40-29-39-41-38(46-40)27-28-49(30-32-23-25-37(52-2)26-24-32)42(41)48-50(39)44(34-17-9-4-10-18-34,35-19-11-5-12-20-35)36-21-13-6-14-22-36/h3-26,29,31H,27-28,30H2,1-2H3,(H2,45,46,47,51)/t31-/m1/s1. The molecule has 2 N–H and O–H groups in total. The number of methoxy groups -OCH3 is 1. The number of ether oxygens (including phenoxy) is 1. The zero-order valence-electron chi connectivity index (χ0n) is 29.2. The average Bonchev–Trinajstić information content (AvgIpc) is 3.58. The van der Waals surface area contributed by atoms with Gasteiger partial charge in [-0.3, -0.25) is 5.32 Å². The van der Waals surface area contributed by atoms with Gasteiger partial charge in [0.15, 0.2) is 5.82 Å². The van der Waals surface area contributed by atoms with Crippen molar-refractivity contribution in [3.63, 3.8) is 0 Å². The quantitative estimate of drug-likeness (QED) is 0.141. The number of pyridine rings is 1. The number of anilines is 2. The van der Waals surface area contributed by atoms with Crippen LogP contribution < -0.4 is 20.3 Å². The molecule has 7 aromatic rings. The number of urea groups is 1. The van der Waals surface area contributed by atoms with Crippen molar-refractivity contribution in [2.24, 2.45) is 0 Å². The summed E-state index contributed by atoms with van der Waals surface area (Å²) < 4.78 is 7.59. The number of amides is 2. The fourth-order valence-electron chi connectivity index (χ4n) is 7.45. The topological polar surface area (TPSA) is 84.3 Å². The summed E-state index contributed by atoms with van der Waals surface area (Å²) in [5.74, 6) is 2.16. The zero-order valence-corrected chi connectivity index (χ0v) is 29.2. The summed E-state index contributed by atoms with van der Waals surface area (Å²) in [4.78, 5) is 20.9. The summed E-state index contributed by atoms with van der Waals surface area (Å²) in [5.41, 5.74) is 6.28. The first kappa shape index (κ1) is 32.8. The Bertz CT molecular complexity index is 2200. The van der Waals surface area contributed by atoms with E-state index in [9.17, 15) is 4.79 Å². The molecule has 0 saturated carbocycles. The highest BCUT2D eigenvalue weighted by Crippen LogP contribution is 2.45. The monoisotopic (exact) mass is 684 g/mol. The molecule has 2 aromatic heterocycles. The van der Waals surface area contributed by atoms with Gasteiger partial charge in [-0.25, -0.2) is 14.5 Å². The smallest absolute Gasteiger partial charge is 0.320 e. The summed E-state index contributed by atoms with van der Waals surface area (Å²) in [6.45, 7) is 3.36. The van der Waals surface area contributed by atoms with Crippen LogP contribution in [-0.2, 0) is 18.5 Å². The Balaban J connectivity index is 1.33. The minimum Gasteiger partial charge on any atom is -0.497 e. The van der Waals surface area contributed by atoms with Gasteiger partial charge in [0.1, 0.15) is 17.1 Å². The number of carbonyl (C=O) groups is 1. The molecule has 2 amide bonds. The van der Waals surface area contributed by atoms with E-state index in [1.807, 2.05) is 73.7 Å². The Labute approximate surface area is 303 Å². The van der Waals surface area contributed by atoms with Crippen LogP contribution in [-0.4, -0.2) is 34.5 Å². The van der Waals surface area contributed by atoms with Crippen LogP contribution in [0.5, 0.6) is 5.75 Å². The van der Waals surface area contributed by atoms with Crippen LogP contribution >= 0.6 is 0 Å². The molecule has 3 heterocycles. The summed E-state index contributed by atoms with van der Waals surface area (Å²) in [6, 6.07) is 51.2. The molecule has 258 valence electrons. The molecule has 1 aliphatic heterocycles. The molecule has 1 aliphatic rings. The molecule has 0 bridgehead atoms. The lowest BCUT2D eigenvalue weighted by Gasteiger charge is -2.37. The minimum atomic E-state index is -0.865. The molecule has 8 heteroatoms. The fraction of sp³-hybridized carbons (Fsp3) is 0.159. The normalized spacial score (nSPS) is 13.1. The van der Waals surface area contributed by atoms with Crippen LogP contribution in [0.3, 0.4) is 0 Å². The molecule has 8 nitrogen and oxygen atoms in total. The number of nitrogens with zero attached hydrogens (tertiary/aromatic N) is 4. The van der Waals surface area contributed by atoms with E-state index >= 15 is 0 Å². The molecule has 0 spiro atoms. The molecule has 8 rings (SSSR count). The fourth-order valence-corrected chi connectivity index (χ4v) is 7.45. The lowest BCUT2D eigenvalue weighted by Crippen LogP contribution is -2.39. The van der Waals surface area contributed by atoms with Crippen LogP contribution in [0.4, 0.5) is 16.4 Å². The van der Waals surface area contributed by atoms with E-state index in [2.05, 4.69) is 105 Å². The molecule has 0 aliphatic carbocycles. The average molecular weight is 685 g/mol. The molecule has 5 aromatic carbocycles. The summed E-state index contributed by atoms with van der Waals surface area (Å²) in [7, 11) is 1.68. The number of benzene rings is 5. The van der Waals surface area contributed by atoms with Gasteiger partial charge in [0, 0.05) is 25.6 Å². The predicted molar refractivity (Wildman–Crippen MR) is 207 cm³/mol. The van der Waals surface area contributed by atoms with Crippen molar-refractivity contribution < 1.29 is 9.53 Å². The third-order valence-corrected chi connectivity index (χ3v) is 9.95. The van der Waals surface area contributed by atoms with Gasteiger partial charge in [-0.05, 0) is 46.9 Å². The van der Waals surface area contributed by atoms with E-state index in [-0.39, 0.29) is 12.1 Å². The molecular formula is C44H40N6O2. The lowest BCUT2D eigenvalue weighted by molar-refractivity contribution is 0.249. The van der Waals surface area contributed by atoms with Gasteiger partial charge in [0.2, 0.25) is 0 Å². The highest BCUT2D eigenvalue weighted by atomic mass is 16.5. The first-order valence-electron chi connectivity index (χ1n) is 17.6. The maximum Gasteiger partial charge on any atom is 0.320 e. The second kappa shape index (κ2) is 14.1. The van der Waals surface area contributed by atoms with E-state index < -0.39 is 5.54 Å². The van der Waals surface area contributed by atoms with E-state index in [4.69, 9.17) is 14.8 Å². The largest absolute Gasteiger partial charge is 0.497 e. The van der Waals surface area contributed by atoms with Gasteiger partial charge < -0.3 is 15.0 Å². The Morgan fingerprint density at radius 2 is 1.35 bits per heavy atom. The van der Waals surface area contributed by atoms with Gasteiger partial charge in [-0.2, -0.15) is 5.10 Å². The Morgan fingerprint density at radius 1 is 0.788 bits per heavy atom. The van der Waals surface area contributed by atoms with Crippen LogP contribution in [0.25, 0.3) is 10.9 Å². The van der Waals surface area contributed by atoms with Crippen molar-refractivity contribution in [1.82, 2.24) is 20.1 Å². The maximum absolute atomic E-state index is 13.5. The number of carbonyl (C=O) groups excluding carboxylic acids is 1. The van der Waals surface area contributed by atoms with Gasteiger partial charge in [0.05, 0.1) is 29.7 Å². The van der Waals surface area contributed by atoms with Crippen molar-refractivity contribution in [2.75, 3.05) is 23.9 Å². The zero-order chi connectivity index (χ0) is 35.5. The van der Waals surface area contributed by atoms with Gasteiger partial charge >= 0.3 is 6.03 Å². The lowest BCUT2D eigenvalue weighted by atomic mass is 9.77. The Morgan fingerprint density at radius 3 is 1.90 bits per heavy atom. The molecular weight excluding hydrogens is 645 g/mol. The second-order valence-corrected chi connectivity index (χ2v) is 13.1. The van der Waals surface area contributed by atoms with E-state index in [1.54, 1.807) is 7.11 Å². The second-order valence-electron chi connectivity index (χ2n) is 13.1. The van der Waals surface area contributed by atoms with E-state index in [0.717, 1.165) is 56.0 Å². The van der Waals surface area contributed by atoms with Crippen molar-refractivity contribution in [3.8, 4) is 5.75 Å². The van der Waals surface area contributed by atoms with E-state index in [0.29, 0.717) is 25.3 Å². The minimum absolute atomic E-state index is 0.186. The number of hydrogen-bond acceptors (Lipinski definition) is 5. The van der Waals surface area contributed by atoms with Gasteiger partial charge in [-0.1, -0.05) is 133 Å². The SMILES string of the molecule is COc1ccc(CN2CCc3nc(NC(=O)N[C@H](C)c4ccccc4)cc4c3c2nn4C(c2ccccc2)(c2ccccc2)c2ccccc2)cc1. The highest BCUT2D eigenvalue weighted by molar-refractivity contribution is 5.98. The Kier molecular flexibility index (Phi) is 8.87. The third-order valence-electron chi connectivity index (χ3n) is 9.95. The third kappa shape index (κ3) is 6.02. The molecule has 0 saturated heterocycles. The van der Waals surface area contributed by atoms with Crippen molar-refractivity contribution in [3.05, 3.63) is 185 Å². The van der Waals surface area contributed by atoms with Gasteiger partial charge in [-0.15, -0.1) is 0 Å².